The summed E-state index contributed by atoms with van der Waals surface area (Å²) in [7, 11) is 3.65. The van der Waals surface area contributed by atoms with Crippen molar-refractivity contribution in [3.63, 3.8) is 0 Å². The molecule has 19 heavy (non-hydrogen) atoms. The minimum Gasteiger partial charge on any atom is -0.497 e. The van der Waals surface area contributed by atoms with Gasteiger partial charge in [0.05, 0.1) is 24.9 Å². The van der Waals surface area contributed by atoms with Crippen molar-refractivity contribution in [2.24, 2.45) is 0 Å². The Balaban J connectivity index is 2.23. The van der Waals surface area contributed by atoms with Crippen LogP contribution in [0.5, 0.6) is 5.75 Å². The normalized spacial score (nSPS) is 14.1. The minimum absolute atomic E-state index is 0.213. The van der Waals surface area contributed by atoms with Crippen LogP contribution in [-0.4, -0.2) is 23.9 Å². The summed E-state index contributed by atoms with van der Waals surface area (Å²) in [4.78, 5) is 0. The fourth-order valence-electron chi connectivity index (χ4n) is 2.31. The molecule has 2 unspecified atom stereocenters. The van der Waals surface area contributed by atoms with Gasteiger partial charge in [0, 0.05) is 6.20 Å². The van der Waals surface area contributed by atoms with Crippen molar-refractivity contribution < 1.29 is 4.74 Å². The lowest BCUT2D eigenvalue weighted by Gasteiger charge is -2.24. The molecule has 1 aromatic carbocycles. The number of aromatic nitrogens is 2. The molecular formula is C15H21N3O. The fraction of sp³-hybridized carbons (Fsp3) is 0.400. The molecule has 0 aliphatic heterocycles. The van der Waals surface area contributed by atoms with Crippen molar-refractivity contribution in [3.05, 3.63) is 47.8 Å². The first kappa shape index (κ1) is 13.6. The summed E-state index contributed by atoms with van der Waals surface area (Å²) in [6.07, 6.45) is 2.02. The highest BCUT2D eigenvalue weighted by atomic mass is 16.5. The highest BCUT2D eigenvalue weighted by molar-refractivity contribution is 5.29. The van der Waals surface area contributed by atoms with Gasteiger partial charge in [-0.1, -0.05) is 12.1 Å². The van der Waals surface area contributed by atoms with Gasteiger partial charge in [-0.15, -0.1) is 0 Å². The van der Waals surface area contributed by atoms with Crippen LogP contribution in [0.1, 0.15) is 30.3 Å². The Labute approximate surface area is 114 Å². The van der Waals surface area contributed by atoms with E-state index in [2.05, 4.69) is 29.5 Å². The van der Waals surface area contributed by atoms with Crippen molar-refractivity contribution in [1.29, 1.82) is 0 Å². The van der Waals surface area contributed by atoms with Crippen LogP contribution in [-0.2, 0) is 0 Å². The predicted molar refractivity (Wildman–Crippen MR) is 76.5 cm³/mol. The average Bonchev–Trinajstić information content (AvgIpc) is 2.87. The van der Waals surface area contributed by atoms with E-state index in [0.717, 1.165) is 11.4 Å². The van der Waals surface area contributed by atoms with Crippen LogP contribution in [0.3, 0.4) is 0 Å². The first-order valence-electron chi connectivity index (χ1n) is 6.48. The molecule has 2 rings (SSSR count). The van der Waals surface area contributed by atoms with Crippen LogP contribution < -0.4 is 10.1 Å². The SMILES string of the molecule is CNC(c1ccc(OC)cc1)C(C)n1ccc(C)n1. The molecule has 0 saturated carbocycles. The monoisotopic (exact) mass is 259 g/mol. The van der Waals surface area contributed by atoms with E-state index in [-0.39, 0.29) is 12.1 Å². The van der Waals surface area contributed by atoms with E-state index in [1.165, 1.54) is 5.56 Å². The summed E-state index contributed by atoms with van der Waals surface area (Å²) < 4.78 is 7.19. The second-order valence-electron chi connectivity index (χ2n) is 4.72. The number of nitrogens with zero attached hydrogens (tertiary/aromatic N) is 2. The second-order valence-corrected chi connectivity index (χ2v) is 4.72. The number of likely N-dealkylation sites (N-methyl/N-ethyl adjacent to an activating group) is 1. The maximum atomic E-state index is 5.19. The van der Waals surface area contributed by atoms with Gasteiger partial charge in [0.25, 0.3) is 0 Å². The Kier molecular flexibility index (Phi) is 4.22. The first-order chi connectivity index (χ1) is 9.15. The van der Waals surface area contributed by atoms with E-state index in [1.54, 1.807) is 7.11 Å². The van der Waals surface area contributed by atoms with Crippen molar-refractivity contribution in [3.8, 4) is 5.75 Å². The molecule has 0 aliphatic rings. The lowest BCUT2D eigenvalue weighted by Crippen LogP contribution is -2.26. The molecule has 0 amide bonds. The lowest BCUT2D eigenvalue weighted by atomic mass is 10.0. The lowest BCUT2D eigenvalue weighted by molar-refractivity contribution is 0.370. The Morgan fingerprint density at radius 2 is 1.89 bits per heavy atom. The highest BCUT2D eigenvalue weighted by Crippen LogP contribution is 2.26. The zero-order valence-electron chi connectivity index (χ0n) is 11.9. The van der Waals surface area contributed by atoms with Crippen LogP contribution >= 0.6 is 0 Å². The zero-order valence-corrected chi connectivity index (χ0v) is 11.9. The van der Waals surface area contributed by atoms with Crippen molar-refractivity contribution >= 4 is 0 Å². The quantitative estimate of drug-likeness (QED) is 0.897. The summed E-state index contributed by atoms with van der Waals surface area (Å²) in [5, 5.41) is 7.85. The summed E-state index contributed by atoms with van der Waals surface area (Å²) in [5.41, 5.74) is 2.26. The topological polar surface area (TPSA) is 39.1 Å². The molecule has 2 aromatic rings. The van der Waals surface area contributed by atoms with E-state index in [0.29, 0.717) is 0 Å². The fourth-order valence-corrected chi connectivity index (χ4v) is 2.31. The van der Waals surface area contributed by atoms with Gasteiger partial charge in [-0.05, 0) is 44.7 Å². The third-order valence-corrected chi connectivity index (χ3v) is 3.43. The Morgan fingerprint density at radius 3 is 2.37 bits per heavy atom. The van der Waals surface area contributed by atoms with Crippen molar-refractivity contribution in [2.45, 2.75) is 25.9 Å². The molecule has 1 aromatic heterocycles. The van der Waals surface area contributed by atoms with Crippen LogP contribution in [0, 0.1) is 6.92 Å². The summed E-state index contributed by atoms with van der Waals surface area (Å²) in [6, 6.07) is 10.6. The van der Waals surface area contributed by atoms with E-state index in [9.17, 15) is 0 Å². The van der Waals surface area contributed by atoms with Crippen LogP contribution in [0.2, 0.25) is 0 Å². The van der Waals surface area contributed by atoms with Gasteiger partial charge in [-0.3, -0.25) is 4.68 Å². The number of hydrogen-bond donors (Lipinski definition) is 1. The van der Waals surface area contributed by atoms with E-state index in [1.807, 2.05) is 43.0 Å². The number of hydrogen-bond acceptors (Lipinski definition) is 3. The highest BCUT2D eigenvalue weighted by Gasteiger charge is 2.19. The molecule has 0 bridgehead atoms. The van der Waals surface area contributed by atoms with Gasteiger partial charge in [0.15, 0.2) is 0 Å². The summed E-state index contributed by atoms with van der Waals surface area (Å²) in [5.74, 6) is 0.876. The average molecular weight is 259 g/mol. The van der Waals surface area contributed by atoms with Gasteiger partial charge in [-0.25, -0.2) is 0 Å². The first-order valence-corrected chi connectivity index (χ1v) is 6.48. The number of ether oxygens (including phenoxy) is 1. The smallest absolute Gasteiger partial charge is 0.118 e. The van der Waals surface area contributed by atoms with Gasteiger partial charge in [-0.2, -0.15) is 5.10 Å². The van der Waals surface area contributed by atoms with E-state index >= 15 is 0 Å². The molecule has 4 heteroatoms. The number of aryl methyl sites for hydroxylation is 1. The Morgan fingerprint density at radius 1 is 1.21 bits per heavy atom. The van der Waals surface area contributed by atoms with Gasteiger partial charge in [0.1, 0.15) is 5.75 Å². The largest absolute Gasteiger partial charge is 0.497 e. The van der Waals surface area contributed by atoms with Crippen molar-refractivity contribution in [2.75, 3.05) is 14.2 Å². The molecule has 0 radical (unpaired) electrons. The number of nitrogens with one attached hydrogen (secondary N) is 1. The van der Waals surface area contributed by atoms with Crippen molar-refractivity contribution in [1.82, 2.24) is 15.1 Å². The molecular weight excluding hydrogens is 238 g/mol. The molecule has 4 nitrogen and oxygen atoms in total. The summed E-state index contributed by atoms with van der Waals surface area (Å²) in [6.45, 7) is 4.17. The third kappa shape index (κ3) is 2.96. The maximum Gasteiger partial charge on any atom is 0.118 e. The molecule has 0 spiro atoms. The minimum atomic E-state index is 0.213. The Hall–Kier alpha value is -1.81. The Bertz CT molecular complexity index is 518. The van der Waals surface area contributed by atoms with Crippen LogP contribution in [0.4, 0.5) is 0 Å². The molecule has 102 valence electrons. The predicted octanol–water partition coefficient (Wildman–Crippen LogP) is 2.72. The number of rotatable bonds is 5. The van der Waals surface area contributed by atoms with Gasteiger partial charge < -0.3 is 10.1 Å². The second kappa shape index (κ2) is 5.89. The van der Waals surface area contributed by atoms with Gasteiger partial charge in [0.2, 0.25) is 0 Å². The summed E-state index contributed by atoms with van der Waals surface area (Å²) >= 11 is 0. The van der Waals surface area contributed by atoms with Gasteiger partial charge >= 0.3 is 0 Å². The molecule has 2 atom stereocenters. The molecule has 0 saturated heterocycles. The molecule has 0 fully saturated rings. The molecule has 0 aliphatic carbocycles. The number of benzene rings is 1. The third-order valence-electron chi connectivity index (χ3n) is 3.43. The number of methoxy groups -OCH3 is 1. The maximum absolute atomic E-state index is 5.19. The zero-order chi connectivity index (χ0) is 13.8. The van der Waals surface area contributed by atoms with E-state index < -0.39 is 0 Å². The van der Waals surface area contributed by atoms with E-state index in [4.69, 9.17) is 4.74 Å². The molecule has 1 heterocycles. The van der Waals surface area contributed by atoms with Crippen LogP contribution in [0.25, 0.3) is 0 Å². The molecule has 1 N–H and O–H groups in total. The van der Waals surface area contributed by atoms with Crippen LogP contribution in [0.15, 0.2) is 36.5 Å². The standard InChI is InChI=1S/C15H21N3O/c1-11-9-10-18(17-11)12(2)15(16-3)13-5-7-14(19-4)8-6-13/h5-10,12,15-16H,1-4H3.